The zero-order chi connectivity index (χ0) is 14.4. The van der Waals surface area contributed by atoms with E-state index in [0.717, 1.165) is 5.56 Å². The zero-order valence-electron chi connectivity index (χ0n) is 10.6. The summed E-state index contributed by atoms with van der Waals surface area (Å²) in [4.78, 5) is 26.7. The van der Waals surface area contributed by atoms with Crippen LogP contribution in [0.4, 0.5) is 5.13 Å². The summed E-state index contributed by atoms with van der Waals surface area (Å²) in [5.41, 5.74) is 0.811. The number of carbonyl (C=O) groups excluding carboxylic acids is 2. The summed E-state index contributed by atoms with van der Waals surface area (Å²) in [6, 6.07) is 9.09. The van der Waals surface area contributed by atoms with Gasteiger partial charge >= 0.3 is 0 Å². The average molecular weight is 289 g/mol. The first-order valence-corrected chi connectivity index (χ1v) is 6.97. The van der Waals surface area contributed by atoms with Crippen molar-refractivity contribution in [3.05, 3.63) is 47.5 Å². The Balaban J connectivity index is 2.04. The molecule has 1 N–H and O–H groups in total. The quantitative estimate of drug-likeness (QED) is 0.871. The number of carbonyl (C=O) groups is 2. The second-order valence-corrected chi connectivity index (χ2v) is 5.17. The number of thiazole rings is 1. The van der Waals surface area contributed by atoms with Crippen molar-refractivity contribution in [1.29, 1.82) is 0 Å². The molecule has 5 nitrogen and oxygen atoms in total. The Hall–Kier alpha value is -2.21. The van der Waals surface area contributed by atoms with E-state index in [4.69, 9.17) is 0 Å². The van der Waals surface area contributed by atoms with Gasteiger partial charge < -0.3 is 15.2 Å². The lowest BCUT2D eigenvalue weighted by molar-refractivity contribution is -0.306. The van der Waals surface area contributed by atoms with E-state index in [-0.39, 0.29) is 18.7 Å². The molecule has 1 atom stereocenters. The third-order valence-corrected chi connectivity index (χ3v) is 3.48. The summed E-state index contributed by atoms with van der Waals surface area (Å²) in [6.45, 7) is 0. The number of aromatic nitrogens is 1. The van der Waals surface area contributed by atoms with Gasteiger partial charge in [0, 0.05) is 24.0 Å². The van der Waals surface area contributed by atoms with Gasteiger partial charge in [-0.1, -0.05) is 30.3 Å². The lowest BCUT2D eigenvalue weighted by atomic mass is 9.92. The SMILES string of the molecule is O=C([O-])C[C@H](CC(=O)Nc1nccs1)c1ccccc1. The standard InChI is InChI=1S/C14H14N2O3S/c17-12(16-14-15-6-7-20-14)8-11(9-13(18)19)10-4-2-1-3-5-10/h1-7,11H,8-9H2,(H,18,19)(H,15,16,17)/p-1/t11-/m0/s1. The molecule has 0 bridgehead atoms. The molecule has 1 amide bonds. The summed E-state index contributed by atoms with van der Waals surface area (Å²) in [5, 5.41) is 15.7. The van der Waals surface area contributed by atoms with Crippen molar-refractivity contribution in [2.75, 3.05) is 5.32 Å². The molecule has 1 heterocycles. The van der Waals surface area contributed by atoms with E-state index >= 15 is 0 Å². The van der Waals surface area contributed by atoms with Crippen LogP contribution in [0.3, 0.4) is 0 Å². The third-order valence-electron chi connectivity index (χ3n) is 2.79. The van der Waals surface area contributed by atoms with E-state index in [2.05, 4.69) is 10.3 Å². The highest BCUT2D eigenvalue weighted by molar-refractivity contribution is 7.13. The molecular formula is C14H13N2O3S-. The molecule has 0 saturated carbocycles. The largest absolute Gasteiger partial charge is 0.550 e. The van der Waals surface area contributed by atoms with Gasteiger partial charge in [-0.25, -0.2) is 4.98 Å². The Morgan fingerprint density at radius 3 is 2.60 bits per heavy atom. The summed E-state index contributed by atoms with van der Waals surface area (Å²) in [7, 11) is 0. The fourth-order valence-corrected chi connectivity index (χ4v) is 2.46. The molecule has 6 heteroatoms. The molecular weight excluding hydrogens is 276 g/mol. The van der Waals surface area contributed by atoms with Crippen LogP contribution in [0.2, 0.25) is 0 Å². The molecule has 0 aliphatic carbocycles. The van der Waals surface area contributed by atoms with Gasteiger partial charge in [-0.05, 0) is 17.9 Å². The number of anilines is 1. The monoisotopic (exact) mass is 289 g/mol. The molecule has 0 saturated heterocycles. The smallest absolute Gasteiger partial charge is 0.226 e. The Kier molecular flexibility index (Phi) is 4.84. The molecule has 0 spiro atoms. The minimum atomic E-state index is -1.17. The Morgan fingerprint density at radius 1 is 1.25 bits per heavy atom. The molecule has 2 aromatic rings. The van der Waals surface area contributed by atoms with Crippen LogP contribution in [0.15, 0.2) is 41.9 Å². The number of nitrogens with one attached hydrogen (secondary N) is 1. The van der Waals surface area contributed by atoms with E-state index in [1.807, 2.05) is 30.3 Å². The summed E-state index contributed by atoms with van der Waals surface area (Å²) in [5.74, 6) is -1.82. The van der Waals surface area contributed by atoms with Crippen molar-refractivity contribution in [2.45, 2.75) is 18.8 Å². The highest BCUT2D eigenvalue weighted by Crippen LogP contribution is 2.24. The fourth-order valence-electron chi connectivity index (χ4n) is 1.91. The lowest BCUT2D eigenvalue weighted by Gasteiger charge is -2.17. The highest BCUT2D eigenvalue weighted by atomic mass is 32.1. The number of hydrogen-bond acceptors (Lipinski definition) is 5. The number of hydrogen-bond donors (Lipinski definition) is 1. The number of carboxylic acids is 1. The van der Waals surface area contributed by atoms with Crippen LogP contribution in [0.5, 0.6) is 0 Å². The van der Waals surface area contributed by atoms with Crippen LogP contribution in [0.25, 0.3) is 0 Å². The van der Waals surface area contributed by atoms with Gasteiger partial charge in [0.25, 0.3) is 0 Å². The second-order valence-electron chi connectivity index (χ2n) is 4.27. The van der Waals surface area contributed by atoms with Gasteiger partial charge in [0.05, 0.1) is 0 Å². The van der Waals surface area contributed by atoms with Gasteiger partial charge in [-0.2, -0.15) is 0 Å². The molecule has 0 fully saturated rings. The molecule has 0 aliphatic heterocycles. The molecule has 0 unspecified atom stereocenters. The van der Waals surface area contributed by atoms with Crippen LogP contribution in [0, 0.1) is 0 Å². The van der Waals surface area contributed by atoms with Crippen molar-refractivity contribution in [3.63, 3.8) is 0 Å². The summed E-state index contributed by atoms with van der Waals surface area (Å²) >= 11 is 1.32. The molecule has 104 valence electrons. The van der Waals surface area contributed by atoms with E-state index in [0.29, 0.717) is 5.13 Å². The van der Waals surface area contributed by atoms with Gasteiger partial charge in [0.1, 0.15) is 0 Å². The topological polar surface area (TPSA) is 82.1 Å². The van der Waals surface area contributed by atoms with Gasteiger partial charge in [0.2, 0.25) is 5.91 Å². The van der Waals surface area contributed by atoms with E-state index in [1.165, 1.54) is 11.3 Å². The maximum atomic E-state index is 11.9. The van der Waals surface area contributed by atoms with E-state index in [9.17, 15) is 14.7 Å². The minimum Gasteiger partial charge on any atom is -0.550 e. The second kappa shape index (κ2) is 6.81. The molecule has 0 radical (unpaired) electrons. The predicted octanol–water partition coefficient (Wildman–Crippen LogP) is 1.40. The summed E-state index contributed by atoms with van der Waals surface area (Å²) < 4.78 is 0. The number of amides is 1. The van der Waals surface area contributed by atoms with Crippen LogP contribution < -0.4 is 10.4 Å². The van der Waals surface area contributed by atoms with Crippen molar-refractivity contribution in [1.82, 2.24) is 4.98 Å². The maximum Gasteiger partial charge on any atom is 0.226 e. The Morgan fingerprint density at radius 2 is 2.00 bits per heavy atom. The Bertz CT molecular complexity index is 569. The number of nitrogens with zero attached hydrogens (tertiary/aromatic N) is 1. The van der Waals surface area contributed by atoms with Crippen LogP contribution in [-0.4, -0.2) is 16.9 Å². The third kappa shape index (κ3) is 4.17. The van der Waals surface area contributed by atoms with Crippen molar-refractivity contribution >= 4 is 28.3 Å². The first-order valence-electron chi connectivity index (χ1n) is 6.09. The lowest BCUT2D eigenvalue weighted by Crippen LogP contribution is -2.26. The number of aliphatic carboxylic acids is 1. The predicted molar refractivity (Wildman–Crippen MR) is 74.2 cm³/mol. The average Bonchev–Trinajstić information content (AvgIpc) is 2.91. The number of rotatable bonds is 6. The van der Waals surface area contributed by atoms with Crippen LogP contribution in [-0.2, 0) is 9.59 Å². The van der Waals surface area contributed by atoms with Crippen molar-refractivity contribution in [3.8, 4) is 0 Å². The van der Waals surface area contributed by atoms with Crippen LogP contribution in [0.1, 0.15) is 24.3 Å². The van der Waals surface area contributed by atoms with E-state index in [1.54, 1.807) is 11.6 Å². The van der Waals surface area contributed by atoms with Crippen molar-refractivity contribution in [2.24, 2.45) is 0 Å². The minimum absolute atomic E-state index is 0.0809. The van der Waals surface area contributed by atoms with Crippen molar-refractivity contribution < 1.29 is 14.7 Å². The first-order chi connectivity index (χ1) is 9.65. The molecule has 1 aromatic carbocycles. The van der Waals surface area contributed by atoms with E-state index < -0.39 is 11.9 Å². The molecule has 1 aromatic heterocycles. The molecule has 20 heavy (non-hydrogen) atoms. The van der Waals surface area contributed by atoms with Gasteiger partial charge in [-0.3, -0.25) is 4.79 Å². The summed E-state index contributed by atoms with van der Waals surface area (Å²) in [6.07, 6.45) is 1.49. The number of carboxylic acid groups (broad SMARTS) is 1. The molecule has 0 aliphatic rings. The fraction of sp³-hybridized carbons (Fsp3) is 0.214. The maximum absolute atomic E-state index is 11.9. The molecule has 2 rings (SSSR count). The normalized spacial score (nSPS) is 11.8. The zero-order valence-corrected chi connectivity index (χ0v) is 11.4. The van der Waals surface area contributed by atoms with Crippen LogP contribution >= 0.6 is 11.3 Å². The van der Waals surface area contributed by atoms with Gasteiger partial charge in [0.15, 0.2) is 5.13 Å². The number of benzene rings is 1. The van der Waals surface area contributed by atoms with Gasteiger partial charge in [-0.15, -0.1) is 11.3 Å². The first kappa shape index (κ1) is 14.2. The Labute approximate surface area is 120 Å². The highest BCUT2D eigenvalue weighted by Gasteiger charge is 2.17.